The number of allylic oxidation sites excluding steroid dienone is 6. The smallest absolute Gasteiger partial charge is 0.410 e. The Morgan fingerprint density at radius 2 is 1.82 bits per heavy atom. The lowest BCUT2D eigenvalue weighted by atomic mass is 9.61. The molecule has 0 aromatic carbocycles. The standard InChI is InChI=1S/C17H26N2O3.C11H17Br/c1-10(2)17(3,4)18-15(20)14-11-7-12(14)9-19(8-11)16(21)22-13-5-6-13;1-4-6-7-8-9-11(12)10(3)5-2/h11-14H,1,5-9H2,2-4H3,(H,18,20);5,7-9H,4,6H2,1-3H3/b;8-7-,10-5+,11-9+/t11-,12?,14?;/m0./s1. The summed E-state index contributed by atoms with van der Waals surface area (Å²) in [5.74, 6) is 0.672. The highest BCUT2D eigenvalue weighted by molar-refractivity contribution is 9.12. The van der Waals surface area contributed by atoms with Crippen molar-refractivity contribution in [1.29, 1.82) is 0 Å². The van der Waals surface area contributed by atoms with E-state index < -0.39 is 0 Å². The van der Waals surface area contributed by atoms with Crippen LogP contribution in [0.2, 0.25) is 0 Å². The molecular weight excluding hydrogens is 492 g/mol. The number of piperidine rings is 2. The van der Waals surface area contributed by atoms with Gasteiger partial charge in [0.25, 0.3) is 0 Å². The Hall–Kier alpha value is -1.82. The Balaban J connectivity index is 0.000000292. The Kier molecular flexibility index (Phi) is 10.7. The highest BCUT2D eigenvalue weighted by atomic mass is 79.9. The number of nitrogens with one attached hydrogen (secondary N) is 1. The number of fused-ring (bicyclic) bond motifs is 2. The van der Waals surface area contributed by atoms with Gasteiger partial charge < -0.3 is 15.0 Å². The van der Waals surface area contributed by atoms with Crippen molar-refractivity contribution in [2.24, 2.45) is 17.8 Å². The number of amides is 2. The predicted molar refractivity (Wildman–Crippen MR) is 144 cm³/mol. The summed E-state index contributed by atoms with van der Waals surface area (Å²) < 4.78 is 6.52. The molecule has 4 aliphatic rings. The van der Waals surface area contributed by atoms with E-state index >= 15 is 0 Å². The predicted octanol–water partition coefficient (Wildman–Crippen LogP) is 6.91. The van der Waals surface area contributed by atoms with Crippen molar-refractivity contribution in [2.45, 2.75) is 85.3 Å². The summed E-state index contributed by atoms with van der Waals surface area (Å²) in [6.45, 7) is 17.4. The van der Waals surface area contributed by atoms with Gasteiger partial charge in [-0.05, 0) is 83.8 Å². The average molecular weight is 536 g/mol. The number of hydrogen-bond donors (Lipinski definition) is 1. The summed E-state index contributed by atoms with van der Waals surface area (Å²) in [6.07, 6.45) is 13.8. The molecule has 1 N–H and O–H groups in total. The minimum absolute atomic E-state index is 0.0311. The largest absolute Gasteiger partial charge is 0.446 e. The Bertz CT molecular complexity index is 827. The fourth-order valence-corrected chi connectivity index (χ4v) is 4.43. The number of carbonyl (C=O) groups is 2. The second-order valence-corrected chi connectivity index (χ2v) is 11.2. The van der Waals surface area contributed by atoms with Crippen LogP contribution in [0, 0.1) is 17.8 Å². The van der Waals surface area contributed by atoms with Crippen LogP contribution in [0.4, 0.5) is 4.79 Å². The Labute approximate surface area is 214 Å². The van der Waals surface area contributed by atoms with Crippen molar-refractivity contribution in [3.63, 3.8) is 0 Å². The van der Waals surface area contributed by atoms with Crippen LogP contribution in [0.5, 0.6) is 0 Å². The van der Waals surface area contributed by atoms with Crippen LogP contribution >= 0.6 is 15.9 Å². The number of hydrogen-bond acceptors (Lipinski definition) is 3. The van der Waals surface area contributed by atoms with Gasteiger partial charge in [0.15, 0.2) is 0 Å². The van der Waals surface area contributed by atoms with Gasteiger partial charge in [-0.3, -0.25) is 4.79 Å². The van der Waals surface area contributed by atoms with Crippen LogP contribution in [-0.2, 0) is 9.53 Å². The van der Waals surface area contributed by atoms with E-state index in [4.69, 9.17) is 4.74 Å². The molecule has 0 radical (unpaired) electrons. The summed E-state index contributed by atoms with van der Waals surface area (Å²) in [7, 11) is 0. The first-order valence-corrected chi connectivity index (χ1v) is 13.4. The lowest BCUT2D eigenvalue weighted by Crippen LogP contribution is -2.62. The SMILES string of the molecule is C/C=C(C)/C(Br)=C\C=C/CCC.C=C(C)C(C)(C)NC(=O)C1C2C[C@H]1CN(C(=O)OC1CC1)C2. The number of ether oxygens (including phenoxy) is 1. The topological polar surface area (TPSA) is 58.6 Å². The monoisotopic (exact) mass is 534 g/mol. The van der Waals surface area contributed by atoms with Gasteiger partial charge in [0, 0.05) is 23.5 Å². The molecule has 2 aliphatic heterocycles. The second kappa shape index (κ2) is 12.8. The molecule has 2 saturated heterocycles. The fraction of sp³-hybridized carbons (Fsp3) is 0.643. The van der Waals surface area contributed by atoms with Gasteiger partial charge in [0.2, 0.25) is 5.91 Å². The van der Waals surface area contributed by atoms with Crippen molar-refractivity contribution >= 4 is 27.9 Å². The van der Waals surface area contributed by atoms with Crippen molar-refractivity contribution < 1.29 is 14.3 Å². The van der Waals surface area contributed by atoms with Gasteiger partial charge in [-0.2, -0.15) is 0 Å². The molecule has 34 heavy (non-hydrogen) atoms. The minimum atomic E-state index is -0.383. The highest BCUT2D eigenvalue weighted by Crippen LogP contribution is 2.46. The van der Waals surface area contributed by atoms with Gasteiger partial charge in [-0.15, -0.1) is 0 Å². The van der Waals surface area contributed by atoms with Crippen LogP contribution < -0.4 is 5.32 Å². The Morgan fingerprint density at radius 3 is 2.32 bits per heavy atom. The molecule has 0 aromatic rings. The van der Waals surface area contributed by atoms with Crippen molar-refractivity contribution in [2.75, 3.05) is 13.1 Å². The number of nitrogens with zero attached hydrogens (tertiary/aromatic N) is 1. The van der Waals surface area contributed by atoms with E-state index in [1.165, 1.54) is 12.0 Å². The third-order valence-corrected chi connectivity index (χ3v) is 7.92. The van der Waals surface area contributed by atoms with E-state index in [9.17, 15) is 9.59 Å². The van der Waals surface area contributed by atoms with Crippen LogP contribution in [-0.4, -0.2) is 41.6 Å². The van der Waals surface area contributed by atoms with Crippen LogP contribution in [0.15, 0.2) is 46.5 Å². The van der Waals surface area contributed by atoms with Gasteiger partial charge >= 0.3 is 6.09 Å². The lowest BCUT2D eigenvalue weighted by Gasteiger charge is -2.52. The molecule has 4 fully saturated rings. The summed E-state index contributed by atoms with van der Waals surface area (Å²) in [5, 5.41) is 3.10. The third kappa shape index (κ3) is 8.14. The average Bonchev–Trinajstić information content (AvgIpc) is 3.59. The summed E-state index contributed by atoms with van der Waals surface area (Å²) in [5.41, 5.74) is 1.84. The number of rotatable bonds is 8. The summed E-state index contributed by atoms with van der Waals surface area (Å²) in [6, 6.07) is 0. The number of halogens is 1. The van der Waals surface area contributed by atoms with Gasteiger partial charge in [0.05, 0.1) is 5.54 Å². The quantitative estimate of drug-likeness (QED) is 0.271. The summed E-state index contributed by atoms with van der Waals surface area (Å²) >= 11 is 3.50. The first-order valence-electron chi connectivity index (χ1n) is 12.6. The molecule has 190 valence electrons. The molecule has 2 amide bonds. The maximum absolute atomic E-state index is 12.5. The highest BCUT2D eigenvalue weighted by Gasteiger charge is 2.52. The van der Waals surface area contributed by atoms with E-state index in [0.717, 1.165) is 35.7 Å². The van der Waals surface area contributed by atoms with Gasteiger partial charge in [-0.25, -0.2) is 4.79 Å². The summed E-state index contributed by atoms with van der Waals surface area (Å²) in [4.78, 5) is 26.3. The lowest BCUT2D eigenvalue weighted by molar-refractivity contribution is -0.142. The van der Waals surface area contributed by atoms with E-state index in [0.29, 0.717) is 13.1 Å². The van der Waals surface area contributed by atoms with Crippen molar-refractivity contribution in [1.82, 2.24) is 10.2 Å². The van der Waals surface area contributed by atoms with Crippen LogP contribution in [0.3, 0.4) is 0 Å². The zero-order chi connectivity index (χ0) is 25.5. The first-order chi connectivity index (χ1) is 16.0. The van der Waals surface area contributed by atoms with Crippen molar-refractivity contribution in [3.05, 3.63) is 46.5 Å². The molecule has 2 bridgehead atoms. The normalized spacial score (nSPS) is 24.7. The number of unbranched alkanes of at least 4 members (excludes halogenated alkanes) is 1. The second-order valence-electron chi connectivity index (χ2n) is 10.4. The molecule has 2 heterocycles. The van der Waals surface area contributed by atoms with E-state index in [2.05, 4.69) is 66.0 Å². The molecule has 2 aliphatic carbocycles. The molecule has 6 heteroatoms. The van der Waals surface area contributed by atoms with Crippen LogP contribution in [0.1, 0.15) is 73.6 Å². The molecular formula is C28H43BrN2O3. The third-order valence-electron chi connectivity index (χ3n) is 7.03. The minimum Gasteiger partial charge on any atom is -0.446 e. The van der Waals surface area contributed by atoms with Gasteiger partial charge in [0.1, 0.15) is 6.10 Å². The molecule has 0 spiro atoms. The molecule has 2 unspecified atom stereocenters. The van der Waals surface area contributed by atoms with Crippen LogP contribution in [0.25, 0.3) is 0 Å². The zero-order valence-electron chi connectivity index (χ0n) is 21.8. The van der Waals surface area contributed by atoms with Crippen molar-refractivity contribution in [3.8, 4) is 0 Å². The zero-order valence-corrected chi connectivity index (χ0v) is 23.4. The van der Waals surface area contributed by atoms with E-state index in [-0.39, 0.29) is 41.4 Å². The molecule has 0 aromatic heterocycles. The van der Waals surface area contributed by atoms with E-state index in [1.54, 1.807) is 4.90 Å². The first kappa shape index (κ1) is 28.4. The Morgan fingerprint density at radius 1 is 1.21 bits per heavy atom. The molecule has 2 saturated carbocycles. The maximum atomic E-state index is 12.5. The van der Waals surface area contributed by atoms with E-state index in [1.807, 2.05) is 27.7 Å². The van der Waals surface area contributed by atoms with Gasteiger partial charge in [-0.1, -0.05) is 59.7 Å². The fourth-order valence-electron chi connectivity index (χ4n) is 4.05. The number of carbonyl (C=O) groups excluding carboxylic acids is 2. The molecule has 3 atom stereocenters. The molecule has 5 nitrogen and oxygen atoms in total. The molecule has 4 rings (SSSR count). The maximum Gasteiger partial charge on any atom is 0.410 e.